The lowest BCUT2D eigenvalue weighted by Crippen LogP contribution is -2.43. The second kappa shape index (κ2) is 3.00. The molecule has 4 nitrogen and oxygen atoms in total. The third-order valence-electron chi connectivity index (χ3n) is 2.08. The number of rotatable bonds is 3. The van der Waals surface area contributed by atoms with Gasteiger partial charge >= 0.3 is 5.97 Å². The fourth-order valence-electron chi connectivity index (χ4n) is 1.07. The van der Waals surface area contributed by atoms with Gasteiger partial charge in [-0.2, -0.15) is 0 Å². The maximum absolute atomic E-state index is 11.1. The summed E-state index contributed by atoms with van der Waals surface area (Å²) in [6.45, 7) is 0. The van der Waals surface area contributed by atoms with E-state index in [2.05, 4.69) is 0 Å². The molecule has 0 saturated heterocycles. The summed E-state index contributed by atoms with van der Waals surface area (Å²) in [5.74, 6) is -1.62. The van der Waals surface area contributed by atoms with Gasteiger partial charge in [-0.1, -0.05) is 6.42 Å². The summed E-state index contributed by atoms with van der Waals surface area (Å²) < 4.78 is 0. The molecule has 0 aromatic heterocycles. The molecule has 0 radical (unpaired) electrons. The zero-order valence-electron chi connectivity index (χ0n) is 6.12. The number of aliphatic carboxylic acids is 1. The first-order valence-electron chi connectivity index (χ1n) is 3.65. The molecule has 1 atom stereocenters. The lowest BCUT2D eigenvalue weighted by atomic mass is 9.80. The first-order chi connectivity index (χ1) is 5.13. The highest BCUT2D eigenvalue weighted by molar-refractivity contribution is 6.03. The van der Waals surface area contributed by atoms with Gasteiger partial charge in [-0.15, -0.1) is 0 Å². The van der Waals surface area contributed by atoms with Crippen LogP contribution in [0.15, 0.2) is 0 Å². The zero-order chi connectivity index (χ0) is 8.43. The molecule has 1 unspecified atom stereocenters. The summed E-state index contributed by atoms with van der Waals surface area (Å²) >= 11 is 0. The Morgan fingerprint density at radius 2 is 2.00 bits per heavy atom. The number of ketones is 1. The molecule has 4 heteroatoms. The van der Waals surface area contributed by atoms with Crippen molar-refractivity contribution in [3.8, 4) is 0 Å². The van der Waals surface area contributed by atoms with Gasteiger partial charge in [-0.25, -0.2) is 0 Å². The highest BCUT2D eigenvalue weighted by Crippen LogP contribution is 2.27. The van der Waals surface area contributed by atoms with Crippen LogP contribution in [0.2, 0.25) is 0 Å². The Balaban J connectivity index is 2.45. The van der Waals surface area contributed by atoms with Gasteiger partial charge in [0.1, 0.15) is 0 Å². The Morgan fingerprint density at radius 1 is 1.45 bits per heavy atom. The maximum atomic E-state index is 11.1. The van der Waals surface area contributed by atoms with E-state index in [4.69, 9.17) is 10.8 Å². The molecule has 0 heterocycles. The van der Waals surface area contributed by atoms with Crippen molar-refractivity contribution in [2.45, 2.75) is 25.3 Å². The highest BCUT2D eigenvalue weighted by atomic mass is 16.4. The van der Waals surface area contributed by atoms with Crippen LogP contribution in [0.3, 0.4) is 0 Å². The summed E-state index contributed by atoms with van der Waals surface area (Å²) in [6, 6.07) is -1.31. The van der Waals surface area contributed by atoms with Crippen LogP contribution in [0.1, 0.15) is 19.3 Å². The molecule has 1 aliphatic rings. The molecule has 0 bridgehead atoms. The van der Waals surface area contributed by atoms with Crippen molar-refractivity contribution in [1.82, 2.24) is 0 Å². The van der Waals surface area contributed by atoms with Gasteiger partial charge in [0.25, 0.3) is 0 Å². The standard InChI is InChI=1S/C7H11NO3/c8-5(7(10)11)6(9)4-2-1-3-4/h4-5H,1-3,8H2,(H,10,11). The van der Waals surface area contributed by atoms with Crippen LogP contribution in [0.5, 0.6) is 0 Å². The lowest BCUT2D eigenvalue weighted by Gasteiger charge is -2.24. The molecule has 11 heavy (non-hydrogen) atoms. The Labute approximate surface area is 64.4 Å². The van der Waals surface area contributed by atoms with Crippen LogP contribution < -0.4 is 5.73 Å². The van der Waals surface area contributed by atoms with E-state index in [0.29, 0.717) is 0 Å². The monoisotopic (exact) mass is 157 g/mol. The first-order valence-corrected chi connectivity index (χ1v) is 3.65. The minimum atomic E-state index is -1.31. The van der Waals surface area contributed by atoms with E-state index in [1.165, 1.54) is 0 Å². The minimum Gasteiger partial charge on any atom is -0.480 e. The number of carbonyl (C=O) groups is 2. The number of hydrogen-bond acceptors (Lipinski definition) is 3. The number of carboxylic acids is 1. The Bertz CT molecular complexity index is 186. The van der Waals surface area contributed by atoms with Crippen LogP contribution in [0, 0.1) is 5.92 Å². The van der Waals surface area contributed by atoms with Gasteiger partial charge in [0, 0.05) is 5.92 Å². The van der Waals surface area contributed by atoms with E-state index in [9.17, 15) is 9.59 Å². The van der Waals surface area contributed by atoms with E-state index in [0.717, 1.165) is 19.3 Å². The van der Waals surface area contributed by atoms with Gasteiger partial charge in [0.05, 0.1) is 0 Å². The molecule has 0 spiro atoms. The van der Waals surface area contributed by atoms with Gasteiger partial charge < -0.3 is 10.8 Å². The third kappa shape index (κ3) is 1.57. The lowest BCUT2D eigenvalue weighted by molar-refractivity contribution is -0.144. The summed E-state index contributed by atoms with van der Waals surface area (Å²) in [5, 5.41) is 8.38. The summed E-state index contributed by atoms with van der Waals surface area (Å²) in [5.41, 5.74) is 5.12. The molecule has 0 amide bonds. The van der Waals surface area contributed by atoms with Crippen molar-refractivity contribution in [3.05, 3.63) is 0 Å². The van der Waals surface area contributed by atoms with Crippen molar-refractivity contribution < 1.29 is 14.7 Å². The second-order valence-corrected chi connectivity index (χ2v) is 2.85. The molecular weight excluding hydrogens is 146 g/mol. The minimum absolute atomic E-state index is 0.0823. The average Bonchev–Trinajstić information content (AvgIpc) is 1.82. The molecule has 1 fully saturated rings. The molecule has 0 aromatic rings. The van der Waals surface area contributed by atoms with Crippen molar-refractivity contribution in [2.24, 2.45) is 11.7 Å². The summed E-state index contributed by atoms with van der Waals surface area (Å²) in [7, 11) is 0. The normalized spacial score (nSPS) is 20.5. The van der Waals surface area contributed by atoms with Gasteiger partial charge in [0.2, 0.25) is 0 Å². The Hall–Kier alpha value is -0.900. The Kier molecular flexibility index (Phi) is 2.24. The van der Waals surface area contributed by atoms with Gasteiger partial charge in [0.15, 0.2) is 11.8 Å². The van der Waals surface area contributed by atoms with E-state index < -0.39 is 12.0 Å². The van der Waals surface area contributed by atoms with Crippen LogP contribution in [0.25, 0.3) is 0 Å². The van der Waals surface area contributed by atoms with Crippen molar-refractivity contribution in [1.29, 1.82) is 0 Å². The zero-order valence-corrected chi connectivity index (χ0v) is 6.12. The van der Waals surface area contributed by atoms with Crippen LogP contribution in [0.4, 0.5) is 0 Å². The van der Waals surface area contributed by atoms with Crippen LogP contribution in [-0.2, 0) is 9.59 Å². The van der Waals surface area contributed by atoms with Gasteiger partial charge in [-0.05, 0) is 12.8 Å². The molecule has 1 aliphatic carbocycles. The molecule has 62 valence electrons. The highest BCUT2D eigenvalue weighted by Gasteiger charge is 2.32. The SMILES string of the molecule is NC(C(=O)O)C(=O)C1CCC1. The predicted octanol–water partition coefficient (Wildman–Crippen LogP) is -0.233. The third-order valence-corrected chi connectivity index (χ3v) is 2.08. The fraction of sp³-hybridized carbons (Fsp3) is 0.714. The maximum Gasteiger partial charge on any atom is 0.328 e. The first kappa shape index (κ1) is 8.20. The number of hydrogen-bond donors (Lipinski definition) is 2. The number of Topliss-reactive ketones (excluding diaryl/α,β-unsaturated/α-hetero) is 1. The molecule has 1 rings (SSSR count). The number of carboxylic acid groups (broad SMARTS) is 1. The number of nitrogens with two attached hydrogens (primary N) is 1. The van der Waals surface area contributed by atoms with Crippen molar-refractivity contribution in [3.63, 3.8) is 0 Å². The quantitative estimate of drug-likeness (QED) is 0.554. The van der Waals surface area contributed by atoms with Crippen LogP contribution in [-0.4, -0.2) is 22.9 Å². The fourth-order valence-corrected chi connectivity index (χ4v) is 1.07. The van der Waals surface area contributed by atoms with Crippen LogP contribution >= 0.6 is 0 Å². The van der Waals surface area contributed by atoms with Crippen molar-refractivity contribution in [2.75, 3.05) is 0 Å². The average molecular weight is 157 g/mol. The molecule has 1 saturated carbocycles. The summed E-state index contributed by atoms with van der Waals surface area (Å²) in [4.78, 5) is 21.3. The largest absolute Gasteiger partial charge is 0.480 e. The van der Waals surface area contributed by atoms with Gasteiger partial charge in [-0.3, -0.25) is 9.59 Å². The second-order valence-electron chi connectivity index (χ2n) is 2.85. The summed E-state index contributed by atoms with van der Waals surface area (Å²) in [6.07, 6.45) is 2.63. The van der Waals surface area contributed by atoms with E-state index in [1.54, 1.807) is 0 Å². The molecule has 0 aliphatic heterocycles. The van der Waals surface area contributed by atoms with Crippen molar-refractivity contribution >= 4 is 11.8 Å². The van der Waals surface area contributed by atoms with E-state index in [-0.39, 0.29) is 11.7 Å². The number of carbonyl (C=O) groups excluding carboxylic acids is 1. The van der Waals surface area contributed by atoms with E-state index in [1.807, 2.05) is 0 Å². The smallest absolute Gasteiger partial charge is 0.328 e. The topological polar surface area (TPSA) is 80.4 Å². The van der Waals surface area contributed by atoms with E-state index >= 15 is 0 Å². The molecular formula is C7H11NO3. The predicted molar refractivity (Wildman–Crippen MR) is 38.0 cm³/mol. The molecule has 3 N–H and O–H groups in total. The molecule has 0 aromatic carbocycles. The Morgan fingerprint density at radius 3 is 2.27 bits per heavy atom.